The minimum absolute atomic E-state index is 0.325. The Morgan fingerprint density at radius 1 is 1.29 bits per heavy atom. The van der Waals surface area contributed by atoms with Crippen LogP contribution in [0.5, 0.6) is 0 Å². The SMILES string of the molecule is CC(C)COCCNC(=O)NC[C@H](O)C(=O)O. The molecule has 4 N–H and O–H groups in total. The Balaban J connectivity index is 3.44. The molecule has 100 valence electrons. The first-order chi connectivity index (χ1) is 7.93. The first-order valence-corrected chi connectivity index (χ1v) is 5.43. The minimum Gasteiger partial charge on any atom is -0.479 e. The Labute approximate surface area is 100 Å². The van der Waals surface area contributed by atoms with Gasteiger partial charge < -0.3 is 25.6 Å². The van der Waals surface area contributed by atoms with Crippen LogP contribution in [0, 0.1) is 5.92 Å². The first-order valence-electron chi connectivity index (χ1n) is 5.43. The van der Waals surface area contributed by atoms with Crippen molar-refractivity contribution in [1.29, 1.82) is 0 Å². The number of urea groups is 1. The van der Waals surface area contributed by atoms with Crippen molar-refractivity contribution in [3.8, 4) is 0 Å². The summed E-state index contributed by atoms with van der Waals surface area (Å²) in [4.78, 5) is 21.3. The molecule has 0 rings (SSSR count). The number of aliphatic hydroxyl groups is 1. The molecule has 0 aliphatic heterocycles. The van der Waals surface area contributed by atoms with Crippen LogP contribution >= 0.6 is 0 Å². The third kappa shape index (κ3) is 9.58. The van der Waals surface area contributed by atoms with Gasteiger partial charge in [-0.05, 0) is 5.92 Å². The number of aliphatic carboxylic acids is 1. The lowest BCUT2D eigenvalue weighted by Gasteiger charge is -2.10. The van der Waals surface area contributed by atoms with Crippen molar-refractivity contribution in [1.82, 2.24) is 10.6 Å². The van der Waals surface area contributed by atoms with Gasteiger partial charge in [-0.25, -0.2) is 9.59 Å². The molecule has 0 bridgehead atoms. The summed E-state index contributed by atoms with van der Waals surface area (Å²) in [6.45, 7) is 5.07. The van der Waals surface area contributed by atoms with Gasteiger partial charge >= 0.3 is 12.0 Å². The van der Waals surface area contributed by atoms with Gasteiger partial charge in [0.1, 0.15) is 0 Å². The predicted octanol–water partition coefficient (Wildman–Crippen LogP) is -0.596. The van der Waals surface area contributed by atoms with Crippen molar-refractivity contribution in [3.05, 3.63) is 0 Å². The highest BCUT2D eigenvalue weighted by molar-refractivity contribution is 5.76. The summed E-state index contributed by atoms with van der Waals surface area (Å²) in [5.41, 5.74) is 0. The second-order valence-corrected chi connectivity index (χ2v) is 3.96. The van der Waals surface area contributed by atoms with Crippen molar-refractivity contribution in [3.63, 3.8) is 0 Å². The van der Waals surface area contributed by atoms with Gasteiger partial charge in [-0.2, -0.15) is 0 Å². The normalized spacial score (nSPS) is 12.2. The molecule has 0 spiro atoms. The van der Waals surface area contributed by atoms with Gasteiger partial charge in [0.15, 0.2) is 6.10 Å². The van der Waals surface area contributed by atoms with Crippen LogP contribution in [0.1, 0.15) is 13.8 Å². The minimum atomic E-state index is -1.59. The van der Waals surface area contributed by atoms with Crippen LogP contribution in [0.15, 0.2) is 0 Å². The number of carboxylic acid groups (broad SMARTS) is 1. The van der Waals surface area contributed by atoms with Crippen LogP contribution in [0.3, 0.4) is 0 Å². The lowest BCUT2D eigenvalue weighted by atomic mass is 10.2. The van der Waals surface area contributed by atoms with E-state index in [0.717, 1.165) is 0 Å². The third-order valence-electron chi connectivity index (χ3n) is 1.72. The number of hydrogen-bond donors (Lipinski definition) is 4. The molecule has 1 atom stereocenters. The monoisotopic (exact) mass is 248 g/mol. The van der Waals surface area contributed by atoms with E-state index in [2.05, 4.69) is 10.6 Å². The summed E-state index contributed by atoms with van der Waals surface area (Å²) in [6.07, 6.45) is -1.59. The number of hydrogen-bond acceptors (Lipinski definition) is 4. The zero-order valence-electron chi connectivity index (χ0n) is 10.1. The second kappa shape index (κ2) is 8.77. The molecular weight excluding hydrogens is 228 g/mol. The molecule has 0 fully saturated rings. The van der Waals surface area contributed by atoms with Crippen molar-refractivity contribution < 1.29 is 24.5 Å². The van der Waals surface area contributed by atoms with E-state index in [0.29, 0.717) is 25.7 Å². The molecule has 0 aromatic rings. The van der Waals surface area contributed by atoms with Gasteiger partial charge in [0.2, 0.25) is 0 Å². The fourth-order valence-corrected chi connectivity index (χ4v) is 0.895. The molecule has 0 unspecified atom stereocenters. The van der Waals surface area contributed by atoms with Gasteiger partial charge in [0.05, 0.1) is 13.2 Å². The Morgan fingerprint density at radius 2 is 1.94 bits per heavy atom. The lowest BCUT2D eigenvalue weighted by molar-refractivity contribution is -0.146. The van der Waals surface area contributed by atoms with E-state index >= 15 is 0 Å². The summed E-state index contributed by atoms with van der Waals surface area (Å²) < 4.78 is 5.22. The van der Waals surface area contributed by atoms with Crippen molar-refractivity contribution in [2.24, 2.45) is 5.92 Å². The molecule has 17 heavy (non-hydrogen) atoms. The molecular formula is C10H20N2O5. The molecule has 7 heteroatoms. The average molecular weight is 248 g/mol. The fourth-order valence-electron chi connectivity index (χ4n) is 0.895. The molecule has 0 aliphatic carbocycles. The average Bonchev–Trinajstić information content (AvgIpc) is 2.24. The molecule has 0 aromatic heterocycles. The number of nitrogens with one attached hydrogen (secondary N) is 2. The molecule has 0 saturated heterocycles. The summed E-state index contributed by atoms with van der Waals surface area (Å²) in [5, 5.41) is 21.9. The van der Waals surface area contributed by atoms with Crippen molar-refractivity contribution >= 4 is 12.0 Å². The van der Waals surface area contributed by atoms with Crippen LogP contribution in [0.2, 0.25) is 0 Å². The van der Waals surface area contributed by atoms with Crippen molar-refractivity contribution in [2.75, 3.05) is 26.3 Å². The first kappa shape index (κ1) is 15.7. The van der Waals surface area contributed by atoms with Crippen LogP contribution in [-0.4, -0.2) is 54.6 Å². The number of carbonyl (C=O) groups is 2. The number of amides is 2. The van der Waals surface area contributed by atoms with Gasteiger partial charge in [-0.15, -0.1) is 0 Å². The van der Waals surface area contributed by atoms with Gasteiger partial charge in [0, 0.05) is 13.2 Å². The Kier molecular flexibility index (Phi) is 8.08. The number of rotatable bonds is 8. The van der Waals surface area contributed by atoms with Crippen molar-refractivity contribution in [2.45, 2.75) is 20.0 Å². The quantitative estimate of drug-likeness (QED) is 0.429. The van der Waals surface area contributed by atoms with Gasteiger partial charge in [0.25, 0.3) is 0 Å². The number of carbonyl (C=O) groups excluding carboxylic acids is 1. The van der Waals surface area contributed by atoms with Gasteiger partial charge in [-0.3, -0.25) is 0 Å². The highest BCUT2D eigenvalue weighted by atomic mass is 16.5. The van der Waals surface area contributed by atoms with Gasteiger partial charge in [-0.1, -0.05) is 13.8 Å². The Morgan fingerprint density at radius 3 is 2.47 bits per heavy atom. The van der Waals surface area contributed by atoms with E-state index in [-0.39, 0.29) is 6.54 Å². The zero-order valence-corrected chi connectivity index (χ0v) is 10.1. The van der Waals surface area contributed by atoms with Crippen LogP contribution in [0.4, 0.5) is 4.79 Å². The smallest absolute Gasteiger partial charge is 0.334 e. The number of carboxylic acids is 1. The van der Waals surface area contributed by atoms with E-state index in [4.69, 9.17) is 14.9 Å². The summed E-state index contributed by atoms with van der Waals surface area (Å²) in [7, 11) is 0. The third-order valence-corrected chi connectivity index (χ3v) is 1.72. The molecule has 0 saturated carbocycles. The summed E-state index contributed by atoms with van der Waals surface area (Å²) in [5.74, 6) is -0.930. The predicted molar refractivity (Wildman–Crippen MR) is 60.7 cm³/mol. The highest BCUT2D eigenvalue weighted by Crippen LogP contribution is 1.90. The lowest BCUT2D eigenvalue weighted by Crippen LogP contribution is -2.43. The number of aliphatic hydroxyl groups excluding tert-OH is 1. The zero-order chi connectivity index (χ0) is 13.3. The molecule has 0 aromatic carbocycles. The standard InChI is InChI=1S/C10H20N2O5/c1-7(2)6-17-4-3-11-10(16)12-5-8(13)9(14)15/h7-8,13H,3-6H2,1-2H3,(H,14,15)(H2,11,12,16)/t8-/m0/s1. The highest BCUT2D eigenvalue weighted by Gasteiger charge is 2.13. The summed E-state index contributed by atoms with van der Waals surface area (Å²) >= 11 is 0. The second-order valence-electron chi connectivity index (χ2n) is 3.96. The Bertz CT molecular complexity index is 245. The summed E-state index contributed by atoms with van der Waals surface area (Å²) in [6, 6.07) is -0.529. The van der Waals surface area contributed by atoms with E-state index < -0.39 is 18.1 Å². The van der Waals surface area contributed by atoms with E-state index in [1.54, 1.807) is 0 Å². The Hall–Kier alpha value is -1.34. The van der Waals surface area contributed by atoms with Crippen LogP contribution < -0.4 is 10.6 Å². The maximum absolute atomic E-state index is 11.1. The molecule has 0 aliphatic rings. The van der Waals surface area contributed by atoms with E-state index in [1.165, 1.54) is 0 Å². The maximum atomic E-state index is 11.1. The largest absolute Gasteiger partial charge is 0.479 e. The molecule has 2 amide bonds. The molecule has 0 radical (unpaired) electrons. The molecule has 0 heterocycles. The van der Waals surface area contributed by atoms with E-state index in [9.17, 15) is 9.59 Å². The van der Waals surface area contributed by atoms with Crippen LogP contribution in [-0.2, 0) is 9.53 Å². The number of ether oxygens (including phenoxy) is 1. The maximum Gasteiger partial charge on any atom is 0.334 e. The van der Waals surface area contributed by atoms with Crippen LogP contribution in [0.25, 0.3) is 0 Å². The molecule has 7 nitrogen and oxygen atoms in total. The van der Waals surface area contributed by atoms with E-state index in [1.807, 2.05) is 13.8 Å². The fraction of sp³-hybridized carbons (Fsp3) is 0.800. The topological polar surface area (TPSA) is 108 Å².